The summed E-state index contributed by atoms with van der Waals surface area (Å²) in [6.45, 7) is 4.52. The lowest BCUT2D eigenvalue weighted by Gasteiger charge is -2.24. The number of hydrogen-bond donors (Lipinski definition) is 1. The second-order valence-corrected chi connectivity index (χ2v) is 9.41. The van der Waals surface area contributed by atoms with E-state index in [0.29, 0.717) is 23.7 Å². The van der Waals surface area contributed by atoms with Crippen LogP contribution in [0.25, 0.3) is 17.0 Å². The summed E-state index contributed by atoms with van der Waals surface area (Å²) in [5, 5.41) is 10.3. The number of carboxylic acids is 1. The second-order valence-electron chi connectivity index (χ2n) is 9.41. The van der Waals surface area contributed by atoms with Crippen molar-refractivity contribution in [2.24, 2.45) is 13.0 Å². The van der Waals surface area contributed by atoms with Gasteiger partial charge in [-0.3, -0.25) is 19.3 Å². The Labute approximate surface area is 205 Å². The van der Waals surface area contributed by atoms with Gasteiger partial charge in [0, 0.05) is 37.2 Å². The number of allylic oxidation sites excluding steroid dienone is 1. The largest absolute Gasteiger partial charge is 0.481 e. The molecule has 7 nitrogen and oxygen atoms in total. The number of benzene rings is 2. The maximum atomic E-state index is 13.6. The zero-order valence-electron chi connectivity index (χ0n) is 20.4. The van der Waals surface area contributed by atoms with Crippen molar-refractivity contribution in [2.75, 3.05) is 18.0 Å². The number of amides is 2. The summed E-state index contributed by atoms with van der Waals surface area (Å²) in [4.78, 5) is 41.1. The molecule has 1 aromatic heterocycles. The Kier molecular flexibility index (Phi) is 7.05. The molecule has 0 fully saturated rings. The van der Waals surface area contributed by atoms with Crippen LogP contribution in [0, 0.1) is 5.92 Å². The van der Waals surface area contributed by atoms with E-state index in [1.54, 1.807) is 0 Å². The van der Waals surface area contributed by atoms with Crippen LogP contribution in [-0.4, -0.2) is 45.4 Å². The Morgan fingerprint density at radius 3 is 2.63 bits per heavy atom. The SMILES string of the molecule is CC(C)C/C=C/c1cccc2c1C(=O)N(CCC(=O)O)C(=O)CN2Cc1cn(C)c2ccccc12. The molecule has 0 saturated heterocycles. The van der Waals surface area contributed by atoms with Crippen molar-refractivity contribution < 1.29 is 19.5 Å². The molecule has 4 rings (SSSR count). The number of fused-ring (bicyclic) bond motifs is 2. The summed E-state index contributed by atoms with van der Waals surface area (Å²) in [5.41, 5.74) is 3.98. The second kappa shape index (κ2) is 10.2. The Hall–Kier alpha value is -3.87. The minimum atomic E-state index is -1.05. The zero-order valence-corrected chi connectivity index (χ0v) is 20.4. The van der Waals surface area contributed by atoms with Crippen LogP contribution in [0.15, 0.2) is 54.7 Å². The van der Waals surface area contributed by atoms with Gasteiger partial charge in [0.05, 0.1) is 24.2 Å². The number of carbonyl (C=O) groups is 3. The van der Waals surface area contributed by atoms with Crippen molar-refractivity contribution in [1.82, 2.24) is 9.47 Å². The molecular weight excluding hydrogens is 442 g/mol. The normalized spacial score (nSPS) is 14.3. The van der Waals surface area contributed by atoms with Crippen molar-refractivity contribution in [1.29, 1.82) is 0 Å². The first-order chi connectivity index (χ1) is 16.8. The fourth-order valence-corrected chi connectivity index (χ4v) is 4.57. The number of carbonyl (C=O) groups excluding carboxylic acids is 2. The first-order valence-electron chi connectivity index (χ1n) is 11.9. The number of para-hydroxylation sites is 1. The van der Waals surface area contributed by atoms with Crippen LogP contribution in [0.1, 0.15) is 48.2 Å². The maximum absolute atomic E-state index is 13.6. The summed E-state index contributed by atoms with van der Waals surface area (Å²) in [6.07, 6.45) is 6.59. The average molecular weight is 474 g/mol. The van der Waals surface area contributed by atoms with Crippen molar-refractivity contribution in [3.05, 3.63) is 71.4 Å². The predicted octanol–water partition coefficient (Wildman–Crippen LogP) is 4.70. The van der Waals surface area contributed by atoms with Gasteiger partial charge in [0.15, 0.2) is 0 Å². The summed E-state index contributed by atoms with van der Waals surface area (Å²) in [6, 6.07) is 13.7. The van der Waals surface area contributed by atoms with Crippen LogP contribution in [0.3, 0.4) is 0 Å². The van der Waals surface area contributed by atoms with E-state index in [0.717, 1.165) is 33.4 Å². The molecule has 1 aliphatic heterocycles. The van der Waals surface area contributed by atoms with Crippen LogP contribution >= 0.6 is 0 Å². The molecule has 1 N–H and O–H groups in total. The number of anilines is 1. The van der Waals surface area contributed by atoms with E-state index in [4.69, 9.17) is 0 Å². The Bertz CT molecular complexity index is 1300. The summed E-state index contributed by atoms with van der Waals surface area (Å²) in [5.74, 6) is -1.42. The van der Waals surface area contributed by atoms with E-state index in [1.807, 2.05) is 54.4 Å². The number of carboxylic acid groups (broad SMARTS) is 1. The average Bonchev–Trinajstić information content (AvgIpc) is 3.08. The highest BCUT2D eigenvalue weighted by Crippen LogP contribution is 2.32. The molecule has 2 amide bonds. The fourth-order valence-electron chi connectivity index (χ4n) is 4.57. The number of aromatic nitrogens is 1. The van der Waals surface area contributed by atoms with Gasteiger partial charge in [-0.05, 0) is 35.6 Å². The lowest BCUT2D eigenvalue weighted by atomic mass is 10.0. The van der Waals surface area contributed by atoms with Crippen molar-refractivity contribution in [3.8, 4) is 0 Å². The molecule has 0 spiro atoms. The number of rotatable bonds is 8. The number of imide groups is 1. The molecule has 0 atom stereocenters. The Morgan fingerprint density at radius 1 is 1.11 bits per heavy atom. The fraction of sp³-hybridized carbons (Fsp3) is 0.321. The number of aryl methyl sites for hydroxylation is 1. The number of aliphatic carboxylic acids is 1. The maximum Gasteiger partial charge on any atom is 0.305 e. The van der Waals surface area contributed by atoms with Gasteiger partial charge in [-0.25, -0.2) is 0 Å². The minimum Gasteiger partial charge on any atom is -0.481 e. The molecule has 7 heteroatoms. The van der Waals surface area contributed by atoms with Crippen LogP contribution in [0.5, 0.6) is 0 Å². The molecule has 2 heterocycles. The zero-order chi connectivity index (χ0) is 25.1. The summed E-state index contributed by atoms with van der Waals surface area (Å²) < 4.78 is 2.06. The molecule has 182 valence electrons. The molecule has 1 aliphatic rings. The van der Waals surface area contributed by atoms with Crippen LogP contribution in [0.4, 0.5) is 5.69 Å². The Balaban J connectivity index is 1.79. The lowest BCUT2D eigenvalue weighted by molar-refractivity contribution is -0.137. The van der Waals surface area contributed by atoms with Gasteiger partial charge in [-0.15, -0.1) is 0 Å². The van der Waals surface area contributed by atoms with Crippen LogP contribution < -0.4 is 4.90 Å². The predicted molar refractivity (Wildman–Crippen MR) is 137 cm³/mol. The highest BCUT2D eigenvalue weighted by molar-refractivity contribution is 6.13. The molecule has 0 bridgehead atoms. The standard InChI is InChI=1S/C28H31N3O4/c1-19(2)8-6-9-20-10-7-13-24-27(20)28(35)31(15-14-26(33)34)25(32)18-30(24)17-21-16-29(3)23-12-5-4-11-22(21)23/h4-7,9-13,16,19H,8,14-15,17-18H2,1-3H3,(H,33,34)/b9-6+. The molecule has 0 unspecified atom stereocenters. The van der Waals surface area contributed by atoms with Gasteiger partial charge in [-0.1, -0.05) is 56.3 Å². The van der Waals surface area contributed by atoms with Crippen molar-refractivity contribution in [2.45, 2.75) is 33.2 Å². The van der Waals surface area contributed by atoms with Crippen molar-refractivity contribution in [3.63, 3.8) is 0 Å². The van der Waals surface area contributed by atoms with E-state index in [-0.39, 0.29) is 19.5 Å². The van der Waals surface area contributed by atoms with Gasteiger partial charge in [0.2, 0.25) is 5.91 Å². The van der Waals surface area contributed by atoms with E-state index in [2.05, 4.69) is 36.7 Å². The van der Waals surface area contributed by atoms with Gasteiger partial charge in [0.25, 0.3) is 5.91 Å². The summed E-state index contributed by atoms with van der Waals surface area (Å²) >= 11 is 0. The third-order valence-electron chi connectivity index (χ3n) is 6.30. The third kappa shape index (κ3) is 5.14. The van der Waals surface area contributed by atoms with Gasteiger partial charge < -0.3 is 14.6 Å². The van der Waals surface area contributed by atoms with E-state index >= 15 is 0 Å². The number of hydrogen-bond acceptors (Lipinski definition) is 4. The minimum absolute atomic E-state index is 0.0132. The lowest BCUT2D eigenvalue weighted by Crippen LogP contribution is -2.41. The highest BCUT2D eigenvalue weighted by Gasteiger charge is 2.34. The number of nitrogens with zero attached hydrogens (tertiary/aromatic N) is 3. The van der Waals surface area contributed by atoms with Gasteiger partial charge >= 0.3 is 5.97 Å². The highest BCUT2D eigenvalue weighted by atomic mass is 16.4. The molecule has 0 aliphatic carbocycles. The van der Waals surface area contributed by atoms with E-state index < -0.39 is 17.8 Å². The first-order valence-corrected chi connectivity index (χ1v) is 11.9. The van der Waals surface area contributed by atoms with Crippen LogP contribution in [-0.2, 0) is 23.2 Å². The van der Waals surface area contributed by atoms with E-state index in [1.165, 1.54) is 0 Å². The quantitative estimate of drug-likeness (QED) is 0.480. The smallest absolute Gasteiger partial charge is 0.305 e. The van der Waals surface area contributed by atoms with E-state index in [9.17, 15) is 19.5 Å². The molecule has 0 radical (unpaired) electrons. The first kappa shape index (κ1) is 24.3. The van der Waals surface area contributed by atoms with Gasteiger partial charge in [0.1, 0.15) is 0 Å². The molecule has 35 heavy (non-hydrogen) atoms. The topological polar surface area (TPSA) is 82.8 Å². The van der Waals surface area contributed by atoms with Crippen molar-refractivity contribution >= 4 is 40.4 Å². The summed E-state index contributed by atoms with van der Waals surface area (Å²) in [7, 11) is 1.99. The molecular formula is C28H31N3O4. The van der Waals surface area contributed by atoms with Gasteiger partial charge in [-0.2, -0.15) is 0 Å². The van der Waals surface area contributed by atoms with Crippen LogP contribution in [0.2, 0.25) is 0 Å². The Morgan fingerprint density at radius 2 is 1.89 bits per heavy atom. The molecule has 2 aromatic carbocycles. The molecule has 0 saturated carbocycles. The monoisotopic (exact) mass is 473 g/mol. The third-order valence-corrected chi connectivity index (χ3v) is 6.30. The molecule has 3 aromatic rings.